The van der Waals surface area contributed by atoms with E-state index in [-0.39, 0.29) is 5.60 Å². The Hall–Kier alpha value is -0.740. The average Bonchev–Trinajstić information content (AvgIpc) is 2.38. The van der Waals surface area contributed by atoms with Gasteiger partial charge in [-0.2, -0.15) is 0 Å². The van der Waals surface area contributed by atoms with Crippen molar-refractivity contribution in [3.8, 4) is 0 Å². The van der Waals surface area contributed by atoms with Crippen LogP contribution in [-0.4, -0.2) is 17.1 Å². The molecule has 20 heavy (non-hydrogen) atoms. The first-order valence-corrected chi connectivity index (χ1v) is 7.97. The highest BCUT2D eigenvalue weighted by atomic mass is 32.1. The summed E-state index contributed by atoms with van der Waals surface area (Å²) in [4.78, 5) is 8.15. The molecular weight excluding hydrogens is 268 g/mol. The Balaban J connectivity index is 2.44. The van der Waals surface area contributed by atoms with Crippen LogP contribution in [0.4, 0.5) is 0 Å². The number of H-pyrrole nitrogens is 1. The molecule has 4 heteroatoms. The number of aromatic amines is 1. The largest absolute Gasteiger partial charge is 0.370 e. The highest BCUT2D eigenvalue weighted by Crippen LogP contribution is 2.40. The van der Waals surface area contributed by atoms with Gasteiger partial charge in [0.2, 0.25) is 0 Å². The van der Waals surface area contributed by atoms with E-state index >= 15 is 0 Å². The molecule has 0 radical (unpaired) electrons. The van der Waals surface area contributed by atoms with Crippen molar-refractivity contribution < 1.29 is 4.74 Å². The van der Waals surface area contributed by atoms with Crippen LogP contribution in [0.1, 0.15) is 69.5 Å². The van der Waals surface area contributed by atoms with E-state index in [1.54, 1.807) is 7.11 Å². The van der Waals surface area contributed by atoms with Gasteiger partial charge in [-0.05, 0) is 44.4 Å². The van der Waals surface area contributed by atoms with Crippen molar-refractivity contribution in [2.45, 2.75) is 64.9 Å². The molecule has 3 nitrogen and oxygen atoms in total. The van der Waals surface area contributed by atoms with Gasteiger partial charge in [-0.15, -0.1) is 0 Å². The lowest BCUT2D eigenvalue weighted by Crippen LogP contribution is -2.35. The lowest BCUT2D eigenvalue weighted by molar-refractivity contribution is -0.0599. The third kappa shape index (κ3) is 2.82. The quantitative estimate of drug-likeness (QED) is 0.826. The van der Waals surface area contributed by atoms with Crippen LogP contribution in [-0.2, 0) is 10.3 Å². The standard InChI is InChI=1S/C16H26N2OS/c1-10(2)13-12(4)17-15(18-14(13)20)16(19-5)8-6-11(3)7-9-16/h10-11H,6-9H2,1-5H3,(H,17,18,20). The van der Waals surface area contributed by atoms with Crippen molar-refractivity contribution in [1.29, 1.82) is 0 Å². The van der Waals surface area contributed by atoms with Gasteiger partial charge in [-0.3, -0.25) is 0 Å². The number of aromatic nitrogens is 2. The average molecular weight is 294 g/mol. The second-order valence-electron chi connectivity index (χ2n) is 6.46. The number of methoxy groups -OCH3 is 1. The second-order valence-corrected chi connectivity index (χ2v) is 6.85. The van der Waals surface area contributed by atoms with Gasteiger partial charge in [0.15, 0.2) is 0 Å². The summed E-state index contributed by atoms with van der Waals surface area (Å²) in [7, 11) is 1.79. The minimum absolute atomic E-state index is 0.277. The number of nitrogens with one attached hydrogen (secondary N) is 1. The van der Waals surface area contributed by atoms with E-state index in [0.717, 1.165) is 40.5 Å². The van der Waals surface area contributed by atoms with Crippen LogP contribution in [0.3, 0.4) is 0 Å². The smallest absolute Gasteiger partial charge is 0.140 e. The Labute approximate surface area is 127 Å². The van der Waals surface area contributed by atoms with E-state index in [1.165, 1.54) is 12.8 Å². The van der Waals surface area contributed by atoms with Crippen LogP contribution in [0.25, 0.3) is 0 Å². The number of hydrogen-bond donors (Lipinski definition) is 1. The number of aryl methyl sites for hydroxylation is 1. The van der Waals surface area contributed by atoms with E-state index in [9.17, 15) is 0 Å². The van der Waals surface area contributed by atoms with E-state index < -0.39 is 0 Å². The zero-order chi connectivity index (χ0) is 14.9. The molecule has 0 amide bonds. The molecule has 1 aliphatic carbocycles. The van der Waals surface area contributed by atoms with Gasteiger partial charge in [0.25, 0.3) is 0 Å². The summed E-state index contributed by atoms with van der Waals surface area (Å²) in [5.41, 5.74) is 2.00. The highest BCUT2D eigenvalue weighted by Gasteiger charge is 2.38. The SMILES string of the molecule is COC1(c2nc(=S)c(C(C)C)c(C)[nH]2)CCC(C)CC1. The van der Waals surface area contributed by atoms with Crippen molar-refractivity contribution in [2.75, 3.05) is 7.11 Å². The fourth-order valence-electron chi connectivity index (χ4n) is 3.26. The first-order chi connectivity index (χ1) is 9.39. The zero-order valence-electron chi connectivity index (χ0n) is 13.2. The van der Waals surface area contributed by atoms with E-state index in [1.807, 2.05) is 0 Å². The molecule has 1 fully saturated rings. The van der Waals surface area contributed by atoms with Gasteiger partial charge >= 0.3 is 0 Å². The van der Waals surface area contributed by atoms with Crippen molar-refractivity contribution in [3.63, 3.8) is 0 Å². The topological polar surface area (TPSA) is 37.9 Å². The molecule has 0 bridgehead atoms. The first-order valence-electron chi connectivity index (χ1n) is 7.56. The molecule has 1 aromatic heterocycles. The molecule has 2 rings (SSSR count). The predicted molar refractivity (Wildman–Crippen MR) is 84.6 cm³/mol. The molecular formula is C16H26N2OS. The van der Waals surface area contributed by atoms with Gasteiger partial charge in [-0.25, -0.2) is 4.98 Å². The monoisotopic (exact) mass is 294 g/mol. The molecule has 0 atom stereocenters. The molecule has 0 aliphatic heterocycles. The summed E-state index contributed by atoms with van der Waals surface area (Å²) in [6, 6.07) is 0. The third-order valence-electron chi connectivity index (χ3n) is 4.64. The molecule has 0 unspecified atom stereocenters. The van der Waals surface area contributed by atoms with Gasteiger partial charge in [-0.1, -0.05) is 33.0 Å². The van der Waals surface area contributed by atoms with E-state index in [0.29, 0.717) is 5.92 Å². The number of nitrogens with zero attached hydrogens (tertiary/aromatic N) is 1. The Bertz CT molecular complexity index is 528. The van der Waals surface area contributed by atoms with Crippen molar-refractivity contribution in [3.05, 3.63) is 21.7 Å². The molecule has 1 aromatic rings. The molecule has 1 heterocycles. The maximum absolute atomic E-state index is 5.88. The molecule has 0 aromatic carbocycles. The van der Waals surface area contributed by atoms with Gasteiger partial charge in [0.05, 0.1) is 0 Å². The Morgan fingerprint density at radius 2 is 1.95 bits per heavy atom. The van der Waals surface area contributed by atoms with Crippen LogP contribution in [0.5, 0.6) is 0 Å². The van der Waals surface area contributed by atoms with E-state index in [4.69, 9.17) is 17.0 Å². The van der Waals surface area contributed by atoms with Crippen molar-refractivity contribution in [2.24, 2.45) is 5.92 Å². The van der Waals surface area contributed by atoms with Crippen LogP contribution < -0.4 is 0 Å². The van der Waals surface area contributed by atoms with Crippen LogP contribution >= 0.6 is 12.2 Å². The number of ether oxygens (including phenoxy) is 1. The fourth-order valence-corrected chi connectivity index (χ4v) is 3.74. The van der Waals surface area contributed by atoms with Crippen LogP contribution in [0.2, 0.25) is 0 Å². The molecule has 112 valence electrons. The second kappa shape index (κ2) is 5.94. The third-order valence-corrected chi connectivity index (χ3v) is 4.95. The lowest BCUT2D eigenvalue weighted by atomic mass is 9.79. The maximum atomic E-state index is 5.88. The normalized spacial score (nSPS) is 27.0. The summed E-state index contributed by atoms with van der Waals surface area (Å²) in [6.07, 6.45) is 4.40. The molecule has 0 saturated heterocycles. The highest BCUT2D eigenvalue weighted by molar-refractivity contribution is 7.71. The van der Waals surface area contributed by atoms with Gasteiger partial charge in [0.1, 0.15) is 16.1 Å². The summed E-state index contributed by atoms with van der Waals surface area (Å²) >= 11 is 5.51. The molecule has 0 spiro atoms. The molecule has 1 saturated carbocycles. The summed E-state index contributed by atoms with van der Waals surface area (Å²) < 4.78 is 6.61. The fraction of sp³-hybridized carbons (Fsp3) is 0.750. The van der Waals surface area contributed by atoms with Gasteiger partial charge < -0.3 is 9.72 Å². The van der Waals surface area contributed by atoms with E-state index in [2.05, 4.69) is 37.7 Å². The first kappa shape index (κ1) is 15.6. The maximum Gasteiger partial charge on any atom is 0.140 e. The summed E-state index contributed by atoms with van der Waals surface area (Å²) in [6.45, 7) is 8.71. The Morgan fingerprint density at radius 1 is 1.35 bits per heavy atom. The van der Waals surface area contributed by atoms with Crippen molar-refractivity contribution in [1.82, 2.24) is 9.97 Å². The molecule has 1 aliphatic rings. The minimum Gasteiger partial charge on any atom is -0.370 e. The number of hydrogen-bond acceptors (Lipinski definition) is 3. The van der Waals surface area contributed by atoms with Crippen LogP contribution in [0, 0.1) is 17.5 Å². The Morgan fingerprint density at radius 3 is 2.40 bits per heavy atom. The zero-order valence-corrected chi connectivity index (χ0v) is 14.1. The number of rotatable bonds is 3. The summed E-state index contributed by atoms with van der Waals surface area (Å²) in [5.74, 6) is 2.08. The van der Waals surface area contributed by atoms with Gasteiger partial charge in [0, 0.05) is 18.4 Å². The summed E-state index contributed by atoms with van der Waals surface area (Å²) in [5, 5.41) is 0. The van der Waals surface area contributed by atoms with Crippen molar-refractivity contribution >= 4 is 12.2 Å². The lowest BCUT2D eigenvalue weighted by Gasteiger charge is -2.37. The van der Waals surface area contributed by atoms with Crippen LogP contribution in [0.15, 0.2) is 0 Å². The minimum atomic E-state index is -0.277. The predicted octanol–water partition coefficient (Wildman–Crippen LogP) is 4.62. The molecule has 1 N–H and O–H groups in total. The Kier molecular flexibility index (Phi) is 4.65.